The van der Waals surface area contributed by atoms with Crippen LogP contribution >= 0.6 is 7.52 Å². The van der Waals surface area contributed by atoms with Crippen molar-refractivity contribution in [1.29, 1.82) is 0 Å². The molecule has 0 bridgehead atoms. The van der Waals surface area contributed by atoms with Gasteiger partial charge in [0.2, 0.25) is 0 Å². The van der Waals surface area contributed by atoms with Crippen molar-refractivity contribution in [3.05, 3.63) is 35.9 Å². The van der Waals surface area contributed by atoms with E-state index < -0.39 is 13.5 Å². The molecule has 0 aliphatic rings. The zero-order chi connectivity index (χ0) is 15.6. The van der Waals surface area contributed by atoms with E-state index in [2.05, 4.69) is 9.82 Å². The van der Waals surface area contributed by atoms with E-state index in [-0.39, 0.29) is 26.1 Å². The van der Waals surface area contributed by atoms with E-state index >= 15 is 0 Å². The van der Waals surface area contributed by atoms with Crippen LogP contribution in [0.5, 0.6) is 0 Å². The number of ether oxygens (including phenoxy) is 2. The standard InChI is InChI=1S/C13H21N2O5P/c1-18-13(16)9-15-21(17,11-19-8-7-14)20-10-12-5-3-2-4-6-12/h2-6H,7-11,14H2,1H3,(H,15,17). The quantitative estimate of drug-likeness (QED) is 0.378. The normalized spacial score (nSPS) is 13.6. The topological polar surface area (TPSA) is 99.9 Å². The second-order valence-electron chi connectivity index (χ2n) is 4.17. The van der Waals surface area contributed by atoms with Crippen LogP contribution in [-0.4, -0.2) is 39.1 Å². The van der Waals surface area contributed by atoms with Crippen LogP contribution in [0.15, 0.2) is 30.3 Å². The van der Waals surface area contributed by atoms with E-state index in [4.69, 9.17) is 15.0 Å². The molecular weight excluding hydrogens is 295 g/mol. The third-order valence-corrected chi connectivity index (χ3v) is 4.21. The van der Waals surface area contributed by atoms with Gasteiger partial charge in [-0.2, -0.15) is 0 Å². The largest absolute Gasteiger partial charge is 0.468 e. The Kier molecular flexibility index (Phi) is 8.19. The lowest BCUT2D eigenvalue weighted by Gasteiger charge is -2.19. The van der Waals surface area contributed by atoms with Gasteiger partial charge >= 0.3 is 5.97 Å². The third kappa shape index (κ3) is 7.36. The van der Waals surface area contributed by atoms with Crippen LogP contribution < -0.4 is 10.8 Å². The van der Waals surface area contributed by atoms with Crippen LogP contribution in [-0.2, 0) is 30.0 Å². The lowest BCUT2D eigenvalue weighted by Crippen LogP contribution is -2.25. The summed E-state index contributed by atoms with van der Waals surface area (Å²) in [4.78, 5) is 11.1. The first-order chi connectivity index (χ1) is 10.1. The molecule has 7 nitrogen and oxygen atoms in total. The fourth-order valence-electron chi connectivity index (χ4n) is 1.41. The number of carbonyl (C=O) groups excluding carboxylic acids is 1. The van der Waals surface area contributed by atoms with Crippen molar-refractivity contribution < 1.29 is 23.4 Å². The van der Waals surface area contributed by atoms with E-state index in [0.29, 0.717) is 6.54 Å². The van der Waals surface area contributed by atoms with Crippen molar-refractivity contribution in [3.8, 4) is 0 Å². The molecule has 21 heavy (non-hydrogen) atoms. The van der Waals surface area contributed by atoms with Crippen molar-refractivity contribution in [2.24, 2.45) is 5.73 Å². The van der Waals surface area contributed by atoms with Crippen LogP contribution in [0.4, 0.5) is 0 Å². The lowest BCUT2D eigenvalue weighted by atomic mass is 10.2. The monoisotopic (exact) mass is 316 g/mol. The van der Waals surface area contributed by atoms with Gasteiger partial charge in [-0.05, 0) is 5.56 Å². The second-order valence-corrected chi connectivity index (χ2v) is 6.35. The van der Waals surface area contributed by atoms with Crippen molar-refractivity contribution in [2.75, 3.05) is 33.2 Å². The Morgan fingerprint density at radius 2 is 2.05 bits per heavy atom. The fourth-order valence-corrected chi connectivity index (χ4v) is 2.76. The van der Waals surface area contributed by atoms with Crippen molar-refractivity contribution in [2.45, 2.75) is 6.61 Å². The molecule has 0 aliphatic carbocycles. The zero-order valence-electron chi connectivity index (χ0n) is 12.0. The van der Waals surface area contributed by atoms with Gasteiger partial charge in [0.05, 0.1) is 20.3 Å². The molecule has 0 aromatic heterocycles. The van der Waals surface area contributed by atoms with Gasteiger partial charge in [0.15, 0.2) is 0 Å². The molecule has 0 radical (unpaired) electrons. The van der Waals surface area contributed by atoms with Crippen LogP contribution in [0, 0.1) is 0 Å². The fraction of sp³-hybridized carbons (Fsp3) is 0.462. The highest BCUT2D eigenvalue weighted by Gasteiger charge is 2.24. The molecule has 0 saturated carbocycles. The summed E-state index contributed by atoms with van der Waals surface area (Å²) in [6.07, 6.45) is -0.159. The van der Waals surface area contributed by atoms with Gasteiger partial charge < -0.3 is 19.7 Å². The average molecular weight is 316 g/mol. The summed E-state index contributed by atoms with van der Waals surface area (Å²) >= 11 is 0. The molecule has 0 aliphatic heterocycles. The molecule has 0 spiro atoms. The first-order valence-electron chi connectivity index (χ1n) is 6.47. The molecule has 118 valence electrons. The van der Waals surface area contributed by atoms with Crippen LogP contribution in [0.25, 0.3) is 0 Å². The molecular formula is C13H21N2O5P. The Labute approximate surface area is 124 Å². The number of nitrogens with two attached hydrogens (primary N) is 1. The van der Waals surface area contributed by atoms with E-state index in [1.807, 2.05) is 30.3 Å². The summed E-state index contributed by atoms with van der Waals surface area (Å²) in [5.74, 6) is -0.530. The maximum absolute atomic E-state index is 12.6. The van der Waals surface area contributed by atoms with E-state index in [9.17, 15) is 9.36 Å². The summed E-state index contributed by atoms with van der Waals surface area (Å²) in [6.45, 7) is 0.515. The Morgan fingerprint density at radius 3 is 2.67 bits per heavy atom. The lowest BCUT2D eigenvalue weighted by molar-refractivity contribution is -0.139. The first-order valence-corrected chi connectivity index (χ1v) is 8.28. The minimum Gasteiger partial charge on any atom is -0.468 e. The van der Waals surface area contributed by atoms with Gasteiger partial charge in [-0.3, -0.25) is 9.36 Å². The maximum Gasteiger partial charge on any atom is 0.320 e. The number of methoxy groups -OCH3 is 1. The molecule has 0 heterocycles. The minimum absolute atomic E-state index is 0.151. The third-order valence-electron chi connectivity index (χ3n) is 2.50. The SMILES string of the molecule is COC(=O)CNP(=O)(COCCN)OCc1ccccc1. The Balaban J connectivity index is 2.57. The van der Waals surface area contributed by atoms with E-state index in [1.54, 1.807) is 0 Å². The number of hydrogen-bond donors (Lipinski definition) is 2. The molecule has 1 aromatic carbocycles. The molecule has 8 heteroatoms. The maximum atomic E-state index is 12.6. The first kappa shape index (κ1) is 17.8. The molecule has 1 unspecified atom stereocenters. The van der Waals surface area contributed by atoms with Gasteiger partial charge in [0, 0.05) is 6.54 Å². The molecule has 1 rings (SSSR count). The van der Waals surface area contributed by atoms with Gasteiger partial charge in [0.1, 0.15) is 12.9 Å². The number of hydrogen-bond acceptors (Lipinski definition) is 6. The van der Waals surface area contributed by atoms with Gasteiger partial charge in [-0.1, -0.05) is 30.3 Å². The zero-order valence-corrected chi connectivity index (χ0v) is 12.9. The molecule has 1 atom stereocenters. The van der Waals surface area contributed by atoms with Crippen molar-refractivity contribution >= 4 is 13.5 Å². The number of carbonyl (C=O) groups is 1. The second kappa shape index (κ2) is 9.65. The molecule has 0 saturated heterocycles. The smallest absolute Gasteiger partial charge is 0.320 e. The van der Waals surface area contributed by atoms with E-state index in [0.717, 1.165) is 5.56 Å². The predicted molar refractivity (Wildman–Crippen MR) is 78.7 cm³/mol. The van der Waals surface area contributed by atoms with Gasteiger partial charge in [-0.25, -0.2) is 5.09 Å². The average Bonchev–Trinajstić information content (AvgIpc) is 2.52. The Hall–Kier alpha value is -1.24. The number of benzene rings is 1. The predicted octanol–water partition coefficient (Wildman–Crippen LogP) is 1.09. The molecule has 1 aromatic rings. The van der Waals surface area contributed by atoms with Gasteiger partial charge in [-0.15, -0.1) is 0 Å². The Bertz CT molecular complexity index is 469. The van der Waals surface area contributed by atoms with Crippen LogP contribution in [0.3, 0.4) is 0 Å². The molecule has 0 amide bonds. The molecule has 3 N–H and O–H groups in total. The van der Waals surface area contributed by atoms with Crippen molar-refractivity contribution in [1.82, 2.24) is 5.09 Å². The minimum atomic E-state index is -3.31. The molecule has 0 fully saturated rings. The van der Waals surface area contributed by atoms with Crippen LogP contribution in [0.1, 0.15) is 5.56 Å². The number of rotatable bonds is 10. The number of esters is 1. The van der Waals surface area contributed by atoms with Gasteiger partial charge in [0.25, 0.3) is 7.52 Å². The summed E-state index contributed by atoms with van der Waals surface area (Å²) < 4.78 is 27.7. The van der Waals surface area contributed by atoms with Crippen molar-refractivity contribution in [3.63, 3.8) is 0 Å². The highest BCUT2D eigenvalue weighted by atomic mass is 31.2. The highest BCUT2D eigenvalue weighted by Crippen LogP contribution is 2.42. The summed E-state index contributed by atoms with van der Waals surface area (Å²) in [5, 5.41) is 2.57. The Morgan fingerprint density at radius 1 is 1.33 bits per heavy atom. The summed E-state index contributed by atoms with van der Waals surface area (Å²) in [6, 6.07) is 9.30. The van der Waals surface area contributed by atoms with E-state index in [1.165, 1.54) is 7.11 Å². The summed E-state index contributed by atoms with van der Waals surface area (Å²) in [5.41, 5.74) is 6.19. The number of nitrogens with one attached hydrogen (secondary N) is 1. The van der Waals surface area contributed by atoms with Crippen LogP contribution in [0.2, 0.25) is 0 Å². The summed E-state index contributed by atoms with van der Waals surface area (Å²) in [7, 11) is -2.06. The highest BCUT2D eigenvalue weighted by molar-refractivity contribution is 7.56.